The van der Waals surface area contributed by atoms with E-state index in [-0.39, 0.29) is 0 Å². The minimum atomic E-state index is 0.519. The lowest BCUT2D eigenvalue weighted by molar-refractivity contribution is 0.172. The monoisotopic (exact) mass is 292 g/mol. The minimum Gasteiger partial charge on any atom is -0.357 e. The summed E-state index contributed by atoms with van der Waals surface area (Å²) in [5.41, 5.74) is 0. The molecule has 0 saturated carbocycles. The number of hydrogen-bond acceptors (Lipinski definition) is 2. The van der Waals surface area contributed by atoms with E-state index in [1.165, 1.54) is 38.8 Å². The Morgan fingerprint density at radius 2 is 1.86 bits per heavy atom. The van der Waals surface area contributed by atoms with Crippen LogP contribution in [0.1, 0.15) is 46.5 Å². The number of aliphatic imine (C=N–C) groups is 1. The Morgan fingerprint density at radius 1 is 1.19 bits per heavy atom. The van der Waals surface area contributed by atoms with E-state index in [4.69, 9.17) is 11.4 Å². The Labute approximate surface area is 130 Å². The molecule has 0 aromatic heterocycles. The summed E-state index contributed by atoms with van der Waals surface area (Å²) in [7, 11) is 0. The van der Waals surface area contributed by atoms with E-state index in [1.54, 1.807) is 0 Å². The van der Waals surface area contributed by atoms with Crippen molar-refractivity contribution in [3.05, 3.63) is 0 Å². The van der Waals surface area contributed by atoms with Crippen LogP contribution in [0, 0.1) is 18.3 Å². The average molecular weight is 292 g/mol. The van der Waals surface area contributed by atoms with Gasteiger partial charge in [0.25, 0.3) is 0 Å². The molecule has 0 spiro atoms. The molecule has 1 aliphatic heterocycles. The summed E-state index contributed by atoms with van der Waals surface area (Å²) in [6.07, 6.45) is 10.4. The van der Waals surface area contributed by atoms with Crippen LogP contribution in [0.25, 0.3) is 0 Å². The molecule has 0 amide bonds. The molecule has 1 fully saturated rings. The second-order valence-electron chi connectivity index (χ2n) is 5.66. The van der Waals surface area contributed by atoms with Crippen molar-refractivity contribution < 1.29 is 0 Å². The zero-order chi connectivity index (χ0) is 15.5. The summed E-state index contributed by atoms with van der Waals surface area (Å²) in [4.78, 5) is 7.40. The maximum Gasteiger partial charge on any atom is 0.192 e. The fourth-order valence-corrected chi connectivity index (χ4v) is 3.13. The first-order valence-corrected chi connectivity index (χ1v) is 8.46. The van der Waals surface area contributed by atoms with Gasteiger partial charge in [-0.3, -0.25) is 9.89 Å². The minimum absolute atomic E-state index is 0.519. The lowest BCUT2D eigenvalue weighted by atomic mass is 9.93. The third kappa shape index (κ3) is 5.97. The summed E-state index contributed by atoms with van der Waals surface area (Å²) in [6.45, 7) is 11.3. The molecule has 0 aromatic carbocycles. The number of rotatable bonds is 8. The van der Waals surface area contributed by atoms with Crippen molar-refractivity contribution >= 4 is 5.96 Å². The van der Waals surface area contributed by atoms with Crippen LogP contribution in [0.4, 0.5) is 0 Å². The van der Waals surface area contributed by atoms with Gasteiger partial charge >= 0.3 is 0 Å². The topological polar surface area (TPSA) is 39.7 Å². The zero-order valence-electron chi connectivity index (χ0n) is 14.0. The zero-order valence-corrected chi connectivity index (χ0v) is 14.0. The van der Waals surface area contributed by atoms with E-state index in [0.29, 0.717) is 12.6 Å². The van der Waals surface area contributed by atoms with Gasteiger partial charge in [-0.25, -0.2) is 0 Å². The molecule has 1 aliphatic rings. The molecule has 21 heavy (non-hydrogen) atoms. The van der Waals surface area contributed by atoms with Crippen LogP contribution in [-0.4, -0.2) is 49.6 Å². The summed E-state index contributed by atoms with van der Waals surface area (Å²) < 4.78 is 0. The Balaban J connectivity index is 2.70. The third-order valence-corrected chi connectivity index (χ3v) is 4.34. The fourth-order valence-electron chi connectivity index (χ4n) is 3.13. The van der Waals surface area contributed by atoms with E-state index in [9.17, 15) is 0 Å². The first-order chi connectivity index (χ1) is 10.3. The van der Waals surface area contributed by atoms with Gasteiger partial charge < -0.3 is 10.6 Å². The number of likely N-dealkylation sites (tertiary alicyclic amines) is 1. The first kappa shape index (κ1) is 17.8. The van der Waals surface area contributed by atoms with Crippen LogP contribution in [0.5, 0.6) is 0 Å². The van der Waals surface area contributed by atoms with E-state index < -0.39 is 0 Å². The lowest BCUT2D eigenvalue weighted by Crippen LogP contribution is -2.43. The third-order valence-electron chi connectivity index (χ3n) is 4.34. The van der Waals surface area contributed by atoms with Gasteiger partial charge in [0, 0.05) is 12.6 Å². The molecule has 1 saturated heterocycles. The molecule has 0 aliphatic carbocycles. The summed E-state index contributed by atoms with van der Waals surface area (Å²) in [5.74, 6) is 4.17. The fraction of sp³-hybridized carbons (Fsp3) is 0.824. The van der Waals surface area contributed by atoms with Gasteiger partial charge in [-0.05, 0) is 38.8 Å². The van der Waals surface area contributed by atoms with Crippen LogP contribution in [0.3, 0.4) is 0 Å². The number of nitrogens with one attached hydrogen (secondary N) is 2. The van der Waals surface area contributed by atoms with E-state index in [1.807, 2.05) is 0 Å². The van der Waals surface area contributed by atoms with Crippen molar-refractivity contribution in [3.63, 3.8) is 0 Å². The van der Waals surface area contributed by atoms with Crippen molar-refractivity contribution in [2.45, 2.75) is 52.5 Å². The molecule has 1 unspecified atom stereocenters. The SMILES string of the molecule is C#CCNC(=NCC(C(CC)CC)N1CCCC1)NCC. The Hall–Kier alpha value is -1.21. The number of guanidine groups is 1. The average Bonchev–Trinajstić information content (AvgIpc) is 3.02. The molecule has 120 valence electrons. The van der Waals surface area contributed by atoms with Gasteiger partial charge in [-0.15, -0.1) is 6.42 Å². The predicted molar refractivity (Wildman–Crippen MR) is 91.5 cm³/mol. The van der Waals surface area contributed by atoms with E-state index in [0.717, 1.165) is 25.0 Å². The molecule has 1 heterocycles. The molecule has 4 heteroatoms. The number of nitrogens with zero attached hydrogens (tertiary/aromatic N) is 2. The van der Waals surface area contributed by atoms with Gasteiger partial charge in [0.1, 0.15) is 0 Å². The van der Waals surface area contributed by atoms with Crippen molar-refractivity contribution in [1.82, 2.24) is 15.5 Å². The normalized spacial score (nSPS) is 17.8. The van der Waals surface area contributed by atoms with Crippen LogP contribution >= 0.6 is 0 Å². The van der Waals surface area contributed by atoms with Crippen LogP contribution < -0.4 is 10.6 Å². The van der Waals surface area contributed by atoms with Crippen molar-refractivity contribution in [2.24, 2.45) is 10.9 Å². The highest BCUT2D eigenvalue weighted by atomic mass is 15.2. The first-order valence-electron chi connectivity index (χ1n) is 8.46. The molecule has 4 nitrogen and oxygen atoms in total. The number of terminal acetylenes is 1. The Morgan fingerprint density at radius 3 is 2.38 bits per heavy atom. The maximum atomic E-state index is 5.32. The molecular formula is C17H32N4. The second kappa shape index (κ2) is 10.5. The molecule has 0 radical (unpaired) electrons. The summed E-state index contributed by atoms with van der Waals surface area (Å²) >= 11 is 0. The van der Waals surface area contributed by atoms with Crippen molar-refractivity contribution in [2.75, 3.05) is 32.7 Å². The largest absolute Gasteiger partial charge is 0.357 e. The molecule has 0 aromatic rings. The molecular weight excluding hydrogens is 260 g/mol. The highest BCUT2D eigenvalue weighted by Gasteiger charge is 2.27. The standard InChI is InChI=1S/C17H32N4/c1-5-11-19-17(18-8-4)20-14-16(15(6-2)7-3)21-12-9-10-13-21/h1,15-16H,6-14H2,2-4H3,(H2,18,19,20). The van der Waals surface area contributed by atoms with Gasteiger partial charge in [-0.2, -0.15) is 0 Å². The Kier molecular flexibility index (Phi) is 8.93. The van der Waals surface area contributed by atoms with Gasteiger partial charge in [0.2, 0.25) is 0 Å². The van der Waals surface area contributed by atoms with E-state index >= 15 is 0 Å². The van der Waals surface area contributed by atoms with Gasteiger partial charge in [-0.1, -0.05) is 32.6 Å². The highest BCUT2D eigenvalue weighted by Crippen LogP contribution is 2.23. The van der Waals surface area contributed by atoms with Crippen LogP contribution in [-0.2, 0) is 0 Å². The van der Waals surface area contributed by atoms with Gasteiger partial charge in [0.15, 0.2) is 5.96 Å². The highest BCUT2D eigenvalue weighted by molar-refractivity contribution is 5.80. The molecule has 2 N–H and O–H groups in total. The number of hydrogen-bond donors (Lipinski definition) is 2. The molecule has 0 bridgehead atoms. The van der Waals surface area contributed by atoms with Crippen molar-refractivity contribution in [3.8, 4) is 12.3 Å². The van der Waals surface area contributed by atoms with Crippen molar-refractivity contribution in [1.29, 1.82) is 0 Å². The maximum absolute atomic E-state index is 5.32. The lowest BCUT2D eigenvalue weighted by Gasteiger charge is -2.32. The van der Waals surface area contributed by atoms with Crippen LogP contribution in [0.2, 0.25) is 0 Å². The summed E-state index contributed by atoms with van der Waals surface area (Å²) in [6, 6.07) is 0.559. The second-order valence-corrected chi connectivity index (χ2v) is 5.66. The van der Waals surface area contributed by atoms with Crippen LogP contribution in [0.15, 0.2) is 4.99 Å². The Bertz CT molecular complexity index is 333. The molecule has 1 rings (SSSR count). The quantitative estimate of drug-likeness (QED) is 0.409. The predicted octanol–water partition coefficient (Wildman–Crippen LogP) is 2.08. The smallest absolute Gasteiger partial charge is 0.192 e. The molecule has 1 atom stereocenters. The van der Waals surface area contributed by atoms with Gasteiger partial charge in [0.05, 0.1) is 13.1 Å². The summed E-state index contributed by atoms with van der Waals surface area (Å²) in [5, 5.41) is 6.44. The van der Waals surface area contributed by atoms with E-state index in [2.05, 4.69) is 42.2 Å².